The van der Waals surface area contributed by atoms with Gasteiger partial charge in [0.25, 0.3) is 0 Å². The van der Waals surface area contributed by atoms with Gasteiger partial charge in [-0.05, 0) is 56.3 Å². The smallest absolute Gasteiger partial charge is 0.0802 e. The third kappa shape index (κ3) is 3.97. The van der Waals surface area contributed by atoms with E-state index in [9.17, 15) is 5.11 Å². The Bertz CT molecular complexity index is 435. The number of rotatable bonds is 5. The van der Waals surface area contributed by atoms with E-state index < -0.39 is 0 Å². The highest BCUT2D eigenvalue weighted by Crippen LogP contribution is 2.25. The number of nitrogens with zero attached hydrogens (tertiary/aromatic N) is 1. The van der Waals surface area contributed by atoms with Crippen molar-refractivity contribution >= 4 is 11.6 Å². The molecule has 2 nitrogen and oxygen atoms in total. The molecule has 0 aliphatic carbocycles. The van der Waals surface area contributed by atoms with Crippen LogP contribution >= 0.6 is 11.6 Å². The summed E-state index contributed by atoms with van der Waals surface area (Å²) in [6, 6.07) is 6.53. The molecule has 0 radical (unpaired) electrons. The predicted octanol–water partition coefficient (Wildman–Crippen LogP) is 4.34. The van der Waals surface area contributed by atoms with Crippen LogP contribution in [0.5, 0.6) is 0 Å². The first kappa shape index (κ1) is 15.8. The lowest BCUT2D eigenvalue weighted by Gasteiger charge is -2.35. The molecule has 2 rings (SSSR count). The second-order valence-electron chi connectivity index (χ2n) is 5.91. The van der Waals surface area contributed by atoms with Crippen molar-refractivity contribution in [3.8, 4) is 0 Å². The summed E-state index contributed by atoms with van der Waals surface area (Å²) in [7, 11) is 0. The Morgan fingerprint density at radius 3 is 2.90 bits per heavy atom. The number of benzene rings is 1. The predicted molar refractivity (Wildman–Crippen MR) is 85.3 cm³/mol. The molecule has 3 heteroatoms. The molecule has 0 saturated carbocycles. The van der Waals surface area contributed by atoms with E-state index in [1.54, 1.807) is 0 Å². The molecule has 2 unspecified atom stereocenters. The van der Waals surface area contributed by atoms with Gasteiger partial charge in [-0.2, -0.15) is 0 Å². The van der Waals surface area contributed by atoms with E-state index in [1.807, 2.05) is 25.1 Å². The Balaban J connectivity index is 1.90. The molecule has 0 amide bonds. The van der Waals surface area contributed by atoms with Gasteiger partial charge in [-0.15, -0.1) is 0 Å². The lowest BCUT2D eigenvalue weighted by atomic mass is 9.98. The molecule has 0 aromatic heterocycles. The standard InChI is InChI=1S/C17H26ClNO/c1-3-15-6-4-5-10-19(15)11-9-17(20)14-7-8-16(18)13(2)12-14/h7-8,12,15,17,20H,3-6,9-11H2,1-2H3. The summed E-state index contributed by atoms with van der Waals surface area (Å²) in [4.78, 5) is 2.55. The molecule has 1 saturated heterocycles. The van der Waals surface area contributed by atoms with Gasteiger partial charge in [-0.1, -0.05) is 37.1 Å². The minimum absolute atomic E-state index is 0.384. The molecular formula is C17H26ClNO. The zero-order chi connectivity index (χ0) is 14.5. The lowest BCUT2D eigenvalue weighted by molar-refractivity contribution is 0.101. The third-order valence-corrected chi connectivity index (χ3v) is 4.90. The molecule has 0 bridgehead atoms. The average Bonchev–Trinajstić information content (AvgIpc) is 2.47. The van der Waals surface area contributed by atoms with E-state index in [-0.39, 0.29) is 6.10 Å². The van der Waals surface area contributed by atoms with Crippen molar-refractivity contribution in [1.29, 1.82) is 0 Å². The van der Waals surface area contributed by atoms with Gasteiger partial charge >= 0.3 is 0 Å². The summed E-state index contributed by atoms with van der Waals surface area (Å²) in [5.74, 6) is 0. The number of likely N-dealkylation sites (tertiary alicyclic amines) is 1. The van der Waals surface area contributed by atoms with E-state index in [0.717, 1.165) is 29.1 Å². The normalized spacial score (nSPS) is 21.9. The fourth-order valence-electron chi connectivity index (χ4n) is 3.15. The van der Waals surface area contributed by atoms with Crippen LogP contribution in [0.15, 0.2) is 18.2 Å². The molecule has 2 atom stereocenters. The molecule has 1 aliphatic heterocycles. The Morgan fingerprint density at radius 2 is 2.20 bits per heavy atom. The Hall–Kier alpha value is -0.570. The Labute approximate surface area is 127 Å². The quantitative estimate of drug-likeness (QED) is 0.873. The average molecular weight is 296 g/mol. The Morgan fingerprint density at radius 1 is 1.40 bits per heavy atom. The maximum atomic E-state index is 10.4. The highest BCUT2D eigenvalue weighted by atomic mass is 35.5. The van der Waals surface area contributed by atoms with Gasteiger partial charge in [-0.25, -0.2) is 0 Å². The second-order valence-corrected chi connectivity index (χ2v) is 6.31. The zero-order valence-electron chi connectivity index (χ0n) is 12.6. The molecule has 1 heterocycles. The maximum Gasteiger partial charge on any atom is 0.0802 e. The van der Waals surface area contributed by atoms with Crippen LogP contribution in [0.4, 0.5) is 0 Å². The molecule has 1 N–H and O–H groups in total. The van der Waals surface area contributed by atoms with Gasteiger partial charge in [0, 0.05) is 17.6 Å². The first-order valence-corrected chi connectivity index (χ1v) is 8.17. The molecule has 20 heavy (non-hydrogen) atoms. The first-order chi connectivity index (χ1) is 9.61. The van der Waals surface area contributed by atoms with Crippen molar-refractivity contribution in [2.75, 3.05) is 13.1 Å². The highest BCUT2D eigenvalue weighted by Gasteiger charge is 2.21. The van der Waals surface area contributed by atoms with Crippen molar-refractivity contribution in [3.63, 3.8) is 0 Å². The lowest BCUT2D eigenvalue weighted by Crippen LogP contribution is -2.40. The maximum absolute atomic E-state index is 10.4. The van der Waals surface area contributed by atoms with E-state index in [2.05, 4.69) is 11.8 Å². The molecular weight excluding hydrogens is 270 g/mol. The van der Waals surface area contributed by atoms with Crippen LogP contribution in [0.1, 0.15) is 56.3 Å². The third-order valence-electron chi connectivity index (χ3n) is 4.48. The second kappa shape index (κ2) is 7.44. The zero-order valence-corrected chi connectivity index (χ0v) is 13.4. The van der Waals surface area contributed by atoms with Crippen LogP contribution in [-0.2, 0) is 0 Å². The fourth-order valence-corrected chi connectivity index (χ4v) is 3.26. The minimum Gasteiger partial charge on any atom is -0.388 e. The van der Waals surface area contributed by atoms with Gasteiger partial charge < -0.3 is 10.0 Å². The van der Waals surface area contributed by atoms with Gasteiger partial charge in [0.15, 0.2) is 0 Å². The SMILES string of the molecule is CCC1CCCCN1CCC(O)c1ccc(Cl)c(C)c1. The van der Waals surface area contributed by atoms with Crippen LogP contribution in [-0.4, -0.2) is 29.1 Å². The van der Waals surface area contributed by atoms with Gasteiger partial charge in [0.1, 0.15) is 0 Å². The molecule has 1 aromatic rings. The summed E-state index contributed by atoms with van der Waals surface area (Å²) in [5.41, 5.74) is 2.02. The van der Waals surface area contributed by atoms with Gasteiger partial charge in [0.2, 0.25) is 0 Å². The highest BCUT2D eigenvalue weighted by molar-refractivity contribution is 6.31. The van der Waals surface area contributed by atoms with Crippen molar-refractivity contribution < 1.29 is 5.11 Å². The van der Waals surface area contributed by atoms with Crippen LogP contribution in [0.2, 0.25) is 5.02 Å². The molecule has 1 aliphatic rings. The summed E-state index contributed by atoms with van der Waals surface area (Å²) >= 11 is 6.03. The van der Waals surface area contributed by atoms with E-state index >= 15 is 0 Å². The minimum atomic E-state index is -0.384. The Kier molecular flexibility index (Phi) is 5.88. The van der Waals surface area contributed by atoms with Crippen LogP contribution < -0.4 is 0 Å². The number of hydrogen-bond donors (Lipinski definition) is 1. The number of aliphatic hydroxyl groups excluding tert-OH is 1. The first-order valence-electron chi connectivity index (χ1n) is 7.80. The number of piperidine rings is 1. The largest absolute Gasteiger partial charge is 0.388 e. The van der Waals surface area contributed by atoms with Crippen molar-refractivity contribution in [2.45, 2.75) is 58.1 Å². The molecule has 112 valence electrons. The summed E-state index contributed by atoms with van der Waals surface area (Å²) in [6.07, 6.45) is 5.60. The van der Waals surface area contributed by atoms with E-state index in [0.29, 0.717) is 6.04 Å². The van der Waals surface area contributed by atoms with E-state index in [4.69, 9.17) is 11.6 Å². The fraction of sp³-hybridized carbons (Fsp3) is 0.647. The monoisotopic (exact) mass is 295 g/mol. The summed E-state index contributed by atoms with van der Waals surface area (Å²) in [6.45, 7) is 6.42. The van der Waals surface area contributed by atoms with Crippen LogP contribution in [0.25, 0.3) is 0 Å². The molecule has 1 aromatic carbocycles. The topological polar surface area (TPSA) is 23.5 Å². The summed E-state index contributed by atoms with van der Waals surface area (Å²) in [5, 5.41) is 11.1. The number of aryl methyl sites for hydroxylation is 1. The molecule has 0 spiro atoms. The van der Waals surface area contributed by atoms with Crippen molar-refractivity contribution in [1.82, 2.24) is 4.90 Å². The van der Waals surface area contributed by atoms with Crippen molar-refractivity contribution in [3.05, 3.63) is 34.3 Å². The summed E-state index contributed by atoms with van der Waals surface area (Å²) < 4.78 is 0. The molecule has 1 fully saturated rings. The van der Waals surface area contributed by atoms with Gasteiger partial charge in [-0.3, -0.25) is 0 Å². The van der Waals surface area contributed by atoms with Gasteiger partial charge in [0.05, 0.1) is 6.10 Å². The van der Waals surface area contributed by atoms with Crippen LogP contribution in [0, 0.1) is 6.92 Å². The van der Waals surface area contributed by atoms with Crippen molar-refractivity contribution in [2.24, 2.45) is 0 Å². The number of aliphatic hydroxyl groups is 1. The van der Waals surface area contributed by atoms with E-state index in [1.165, 1.54) is 32.2 Å². The number of hydrogen-bond acceptors (Lipinski definition) is 2. The number of halogens is 1. The van der Waals surface area contributed by atoms with Crippen LogP contribution in [0.3, 0.4) is 0 Å².